The molecule has 4 aromatic carbocycles. The van der Waals surface area contributed by atoms with Crippen LogP contribution in [0.15, 0.2) is 95.9 Å². The molecule has 32 heavy (non-hydrogen) atoms. The summed E-state index contributed by atoms with van der Waals surface area (Å²) in [7, 11) is -2.32. The van der Waals surface area contributed by atoms with E-state index in [9.17, 15) is 13.2 Å². The first-order valence-corrected chi connectivity index (χ1v) is 11.8. The summed E-state index contributed by atoms with van der Waals surface area (Å²) < 4.78 is 27.5. The molecule has 0 bridgehead atoms. The predicted molar refractivity (Wildman–Crippen MR) is 128 cm³/mol. The lowest BCUT2D eigenvalue weighted by atomic mass is 10.1. The molecule has 7 heteroatoms. The molecule has 1 amide bonds. The number of anilines is 1. The first kappa shape index (κ1) is 22.0. The van der Waals surface area contributed by atoms with Crippen molar-refractivity contribution in [2.75, 3.05) is 12.4 Å². The second kappa shape index (κ2) is 9.12. The number of carbonyl (C=O) groups is 1. The summed E-state index contributed by atoms with van der Waals surface area (Å²) in [6, 6.07) is 26.7. The molecule has 0 radical (unpaired) electrons. The van der Waals surface area contributed by atoms with Gasteiger partial charge in [0, 0.05) is 24.7 Å². The quantitative estimate of drug-likeness (QED) is 0.406. The smallest absolute Gasteiger partial charge is 0.257 e. The van der Waals surface area contributed by atoms with E-state index in [2.05, 4.69) is 5.32 Å². The first-order chi connectivity index (χ1) is 15.4. The van der Waals surface area contributed by atoms with Crippen LogP contribution in [0.4, 0.5) is 5.69 Å². The largest absolute Gasteiger partial charge is 0.321 e. The summed E-state index contributed by atoms with van der Waals surface area (Å²) in [6.07, 6.45) is 0. The highest BCUT2D eigenvalue weighted by Crippen LogP contribution is 2.27. The molecule has 0 saturated carbocycles. The molecule has 0 aromatic heterocycles. The maximum absolute atomic E-state index is 13.1. The molecule has 4 rings (SSSR count). The number of hydrogen-bond donors (Lipinski definition) is 1. The Kier molecular flexibility index (Phi) is 6.28. The third-order valence-corrected chi connectivity index (χ3v) is 7.31. The fraction of sp³-hybridized carbons (Fsp3) is 0.0800. The minimum absolute atomic E-state index is 0.00315. The predicted octanol–water partition coefficient (Wildman–Crippen LogP) is 5.57. The summed E-state index contributed by atoms with van der Waals surface area (Å²) in [5, 5.41) is 4.89. The number of carbonyl (C=O) groups excluding carboxylic acids is 1. The summed E-state index contributed by atoms with van der Waals surface area (Å²) in [5.74, 6) is -0.478. The topological polar surface area (TPSA) is 66.5 Å². The Morgan fingerprint density at radius 3 is 2.38 bits per heavy atom. The van der Waals surface area contributed by atoms with Crippen molar-refractivity contribution >= 4 is 44.0 Å². The molecule has 0 aliphatic carbocycles. The molecule has 5 nitrogen and oxygen atoms in total. The van der Waals surface area contributed by atoms with Crippen LogP contribution in [0.2, 0.25) is 5.02 Å². The molecule has 4 aromatic rings. The molecule has 162 valence electrons. The Bertz CT molecular complexity index is 1380. The highest BCUT2D eigenvalue weighted by Gasteiger charge is 2.23. The van der Waals surface area contributed by atoms with Gasteiger partial charge in [0.15, 0.2) is 0 Å². The monoisotopic (exact) mass is 464 g/mol. The van der Waals surface area contributed by atoms with E-state index >= 15 is 0 Å². The lowest BCUT2D eigenvalue weighted by Crippen LogP contribution is -2.27. The van der Waals surface area contributed by atoms with Crippen LogP contribution >= 0.6 is 11.6 Å². The van der Waals surface area contributed by atoms with Crippen LogP contribution in [-0.4, -0.2) is 25.7 Å². The van der Waals surface area contributed by atoms with Gasteiger partial charge in [0.2, 0.25) is 10.0 Å². The Labute approximate surface area is 192 Å². The highest BCUT2D eigenvalue weighted by atomic mass is 35.5. The van der Waals surface area contributed by atoms with Gasteiger partial charge < -0.3 is 5.32 Å². The highest BCUT2D eigenvalue weighted by molar-refractivity contribution is 7.89. The van der Waals surface area contributed by atoms with E-state index in [-0.39, 0.29) is 22.0 Å². The van der Waals surface area contributed by atoms with Crippen LogP contribution in [0.25, 0.3) is 10.8 Å². The third-order valence-electron chi connectivity index (χ3n) is 5.18. The third kappa shape index (κ3) is 4.53. The molecule has 0 saturated heterocycles. The van der Waals surface area contributed by atoms with Crippen LogP contribution in [0.1, 0.15) is 15.9 Å². The van der Waals surface area contributed by atoms with Gasteiger partial charge in [-0.1, -0.05) is 78.3 Å². The van der Waals surface area contributed by atoms with Crippen molar-refractivity contribution in [3.8, 4) is 0 Å². The molecule has 1 N–H and O–H groups in total. The summed E-state index contributed by atoms with van der Waals surface area (Å²) >= 11 is 6.27. The Hall–Kier alpha value is -3.19. The zero-order valence-electron chi connectivity index (χ0n) is 17.3. The SMILES string of the molecule is CN(Cc1ccccc1)S(=O)(=O)c1ccc(Cl)c(C(=O)Nc2cccc3ccccc23)c1. The van der Waals surface area contributed by atoms with E-state index in [0.717, 1.165) is 16.3 Å². The van der Waals surface area contributed by atoms with Gasteiger partial charge in [-0.05, 0) is 35.2 Å². The van der Waals surface area contributed by atoms with Gasteiger partial charge in [0.1, 0.15) is 0 Å². The number of sulfonamides is 1. The molecule has 0 heterocycles. The number of benzene rings is 4. The molecule has 0 fully saturated rings. The van der Waals surface area contributed by atoms with E-state index in [0.29, 0.717) is 5.69 Å². The number of hydrogen-bond acceptors (Lipinski definition) is 3. The van der Waals surface area contributed by atoms with E-state index in [4.69, 9.17) is 11.6 Å². The molecule has 0 aliphatic heterocycles. The van der Waals surface area contributed by atoms with Gasteiger partial charge in [-0.3, -0.25) is 4.79 Å². The van der Waals surface area contributed by atoms with E-state index in [1.54, 1.807) is 6.07 Å². The fourth-order valence-electron chi connectivity index (χ4n) is 3.47. The van der Waals surface area contributed by atoms with Crippen LogP contribution in [0, 0.1) is 0 Å². The number of nitrogens with zero attached hydrogens (tertiary/aromatic N) is 1. The Morgan fingerprint density at radius 1 is 0.906 bits per heavy atom. The number of nitrogens with one attached hydrogen (secondary N) is 1. The standard InChI is InChI=1S/C25H21ClN2O3S/c1-28(17-18-8-3-2-4-9-18)32(30,31)20-14-15-23(26)22(16-20)25(29)27-24-13-7-11-19-10-5-6-12-21(19)24/h2-16H,17H2,1H3,(H,27,29). The molecule has 0 aliphatic rings. The van der Waals surface area contributed by atoms with E-state index in [1.165, 1.54) is 29.6 Å². The van der Waals surface area contributed by atoms with Crippen LogP contribution in [0.5, 0.6) is 0 Å². The molecule has 0 unspecified atom stereocenters. The maximum Gasteiger partial charge on any atom is 0.257 e. The Morgan fingerprint density at radius 2 is 1.59 bits per heavy atom. The van der Waals surface area contributed by atoms with Gasteiger partial charge in [0.25, 0.3) is 5.91 Å². The average molecular weight is 465 g/mol. The van der Waals surface area contributed by atoms with Crippen LogP contribution < -0.4 is 5.32 Å². The Balaban J connectivity index is 1.62. The summed E-state index contributed by atoms with van der Waals surface area (Å²) in [6.45, 7) is 0.212. The molecule has 0 spiro atoms. The number of rotatable bonds is 6. The molecular weight excluding hydrogens is 444 g/mol. The minimum atomic E-state index is -3.82. The zero-order chi connectivity index (χ0) is 22.7. The van der Waals surface area contributed by atoms with Gasteiger partial charge in [-0.25, -0.2) is 8.42 Å². The van der Waals surface area contributed by atoms with Crippen LogP contribution in [-0.2, 0) is 16.6 Å². The lowest BCUT2D eigenvalue weighted by Gasteiger charge is -2.18. The van der Waals surface area contributed by atoms with E-state index in [1.807, 2.05) is 66.7 Å². The van der Waals surface area contributed by atoms with E-state index < -0.39 is 15.9 Å². The van der Waals surface area contributed by atoms with Gasteiger partial charge in [0.05, 0.1) is 15.5 Å². The summed E-state index contributed by atoms with van der Waals surface area (Å²) in [5.41, 5.74) is 1.58. The van der Waals surface area contributed by atoms with Crippen molar-refractivity contribution in [1.82, 2.24) is 4.31 Å². The first-order valence-electron chi connectivity index (χ1n) is 9.95. The molecule has 0 atom stereocenters. The molecular formula is C25H21ClN2O3S. The van der Waals surface area contributed by atoms with Gasteiger partial charge in [-0.15, -0.1) is 0 Å². The van der Waals surface area contributed by atoms with Crippen LogP contribution in [0.3, 0.4) is 0 Å². The number of amides is 1. The van der Waals surface area contributed by atoms with Crippen molar-refractivity contribution < 1.29 is 13.2 Å². The van der Waals surface area contributed by atoms with Crippen molar-refractivity contribution in [2.24, 2.45) is 0 Å². The van der Waals surface area contributed by atoms with Crippen molar-refractivity contribution in [3.63, 3.8) is 0 Å². The zero-order valence-corrected chi connectivity index (χ0v) is 18.9. The fourth-order valence-corrected chi connectivity index (χ4v) is 4.86. The average Bonchev–Trinajstić information content (AvgIpc) is 2.80. The maximum atomic E-state index is 13.1. The van der Waals surface area contributed by atoms with Crippen molar-refractivity contribution in [3.05, 3.63) is 107 Å². The number of halogens is 1. The van der Waals surface area contributed by atoms with Gasteiger partial charge >= 0.3 is 0 Å². The minimum Gasteiger partial charge on any atom is -0.321 e. The normalized spacial score (nSPS) is 11.6. The number of fused-ring (bicyclic) bond motifs is 1. The second-order valence-corrected chi connectivity index (χ2v) is 9.82. The summed E-state index contributed by atoms with van der Waals surface area (Å²) in [4.78, 5) is 13.0. The van der Waals surface area contributed by atoms with Crippen molar-refractivity contribution in [2.45, 2.75) is 11.4 Å². The van der Waals surface area contributed by atoms with Crippen molar-refractivity contribution in [1.29, 1.82) is 0 Å². The second-order valence-electron chi connectivity index (χ2n) is 7.37. The lowest BCUT2D eigenvalue weighted by molar-refractivity contribution is 0.102. The van der Waals surface area contributed by atoms with Gasteiger partial charge in [-0.2, -0.15) is 4.31 Å².